The first-order chi connectivity index (χ1) is 12.8. The molecule has 0 unspecified atom stereocenters. The van der Waals surface area contributed by atoms with Crippen LogP contribution in [-0.2, 0) is 25.6 Å². The molecule has 2 aromatic rings. The second kappa shape index (κ2) is 8.95. The highest BCUT2D eigenvalue weighted by Gasteiger charge is 2.26. The number of nitrogens with one attached hydrogen (secondary N) is 3. The third-order valence-electron chi connectivity index (χ3n) is 4.06. The Morgan fingerprint density at radius 2 is 1.89 bits per heavy atom. The number of aldehydes is 1. The number of amides is 3. The average molecular weight is 373 g/mol. The summed E-state index contributed by atoms with van der Waals surface area (Å²) in [5, 5.41) is 5.96. The molecule has 9 heteroatoms. The van der Waals surface area contributed by atoms with Crippen LogP contribution >= 0.6 is 0 Å². The molecule has 0 bridgehead atoms. The second-order valence-corrected chi connectivity index (χ2v) is 6.34. The van der Waals surface area contributed by atoms with Gasteiger partial charge < -0.3 is 31.9 Å². The van der Waals surface area contributed by atoms with E-state index in [4.69, 9.17) is 11.5 Å². The molecule has 27 heavy (non-hydrogen) atoms. The molecule has 2 rings (SSSR count). The van der Waals surface area contributed by atoms with E-state index in [9.17, 15) is 19.2 Å². The van der Waals surface area contributed by atoms with Crippen molar-refractivity contribution in [3.63, 3.8) is 0 Å². The number of nitrogens with two attached hydrogens (primary N) is 2. The zero-order chi connectivity index (χ0) is 20.0. The number of hydrogen-bond acceptors (Lipinski definition) is 5. The molecule has 0 saturated carbocycles. The summed E-state index contributed by atoms with van der Waals surface area (Å²) >= 11 is 0. The first-order valence-corrected chi connectivity index (χ1v) is 8.46. The molecule has 7 N–H and O–H groups in total. The normalized spacial score (nSPS) is 14.1. The molecular formula is C18H23N5O4. The summed E-state index contributed by atoms with van der Waals surface area (Å²) in [5.41, 5.74) is 12.4. The number of aromatic nitrogens is 1. The Balaban J connectivity index is 2.21. The van der Waals surface area contributed by atoms with Crippen LogP contribution in [0.4, 0.5) is 0 Å². The highest BCUT2D eigenvalue weighted by molar-refractivity contribution is 5.93. The number of fused-ring (bicyclic) bond motifs is 1. The summed E-state index contributed by atoms with van der Waals surface area (Å²) in [7, 11) is 0. The molecule has 0 fully saturated rings. The molecule has 0 saturated heterocycles. The molecule has 1 aromatic heterocycles. The molecule has 1 heterocycles. The van der Waals surface area contributed by atoms with Gasteiger partial charge in [0.1, 0.15) is 12.3 Å². The highest BCUT2D eigenvalue weighted by atomic mass is 16.2. The molecule has 0 radical (unpaired) electrons. The number of benzene rings is 1. The molecule has 144 valence electrons. The Hall–Kier alpha value is -3.20. The predicted octanol–water partition coefficient (Wildman–Crippen LogP) is -0.898. The van der Waals surface area contributed by atoms with Gasteiger partial charge in [0.05, 0.1) is 18.5 Å². The molecule has 0 aliphatic rings. The van der Waals surface area contributed by atoms with Crippen LogP contribution in [0.25, 0.3) is 10.9 Å². The van der Waals surface area contributed by atoms with E-state index in [-0.39, 0.29) is 12.8 Å². The molecule has 0 aliphatic carbocycles. The van der Waals surface area contributed by atoms with Crippen LogP contribution in [0.3, 0.4) is 0 Å². The van der Waals surface area contributed by atoms with Crippen molar-refractivity contribution in [3.8, 4) is 0 Å². The van der Waals surface area contributed by atoms with Gasteiger partial charge in [-0.1, -0.05) is 18.2 Å². The van der Waals surface area contributed by atoms with Gasteiger partial charge in [-0.25, -0.2) is 0 Å². The van der Waals surface area contributed by atoms with Gasteiger partial charge in [-0.2, -0.15) is 0 Å². The standard InChI is InChI=1S/C18H23N5O4/c1-10(9-24)22-18(27)15(23-17(26)13(19)7-16(20)25)6-11-8-21-14-5-3-2-4-12(11)14/h2-5,8-10,13,15,21H,6-7,19H2,1H3,(H2,20,25)(H,22,27)(H,23,26)/t10-,13-,15-/m0/s1. The summed E-state index contributed by atoms with van der Waals surface area (Å²) in [6, 6.07) is 4.68. The maximum atomic E-state index is 12.5. The van der Waals surface area contributed by atoms with Crippen molar-refractivity contribution in [3.05, 3.63) is 36.0 Å². The SMILES string of the molecule is C[C@@H](C=O)NC(=O)[C@H](Cc1c[nH]c2ccccc12)NC(=O)[C@@H](N)CC(N)=O. The van der Waals surface area contributed by atoms with Gasteiger partial charge in [0.2, 0.25) is 17.7 Å². The van der Waals surface area contributed by atoms with E-state index >= 15 is 0 Å². The lowest BCUT2D eigenvalue weighted by Crippen LogP contribution is -2.54. The summed E-state index contributed by atoms with van der Waals surface area (Å²) in [6.45, 7) is 1.52. The number of aromatic amines is 1. The van der Waals surface area contributed by atoms with E-state index < -0.39 is 35.8 Å². The Bertz CT molecular complexity index is 847. The van der Waals surface area contributed by atoms with Crippen LogP contribution in [0, 0.1) is 0 Å². The monoisotopic (exact) mass is 373 g/mol. The van der Waals surface area contributed by atoms with Crippen molar-refractivity contribution < 1.29 is 19.2 Å². The highest BCUT2D eigenvalue weighted by Crippen LogP contribution is 2.19. The fourth-order valence-electron chi connectivity index (χ4n) is 2.68. The molecule has 0 spiro atoms. The number of primary amides is 1. The first-order valence-electron chi connectivity index (χ1n) is 8.46. The lowest BCUT2D eigenvalue weighted by Gasteiger charge is -2.21. The van der Waals surface area contributed by atoms with Gasteiger partial charge in [-0.3, -0.25) is 14.4 Å². The number of H-pyrrole nitrogens is 1. The topological polar surface area (TPSA) is 160 Å². The average Bonchev–Trinajstić information content (AvgIpc) is 3.03. The minimum Gasteiger partial charge on any atom is -0.370 e. The minimum atomic E-state index is -1.16. The third-order valence-corrected chi connectivity index (χ3v) is 4.06. The van der Waals surface area contributed by atoms with Gasteiger partial charge >= 0.3 is 0 Å². The largest absolute Gasteiger partial charge is 0.370 e. The van der Waals surface area contributed by atoms with Crippen LogP contribution in [-0.4, -0.2) is 47.1 Å². The van der Waals surface area contributed by atoms with E-state index in [2.05, 4.69) is 15.6 Å². The van der Waals surface area contributed by atoms with Crippen molar-refractivity contribution >= 4 is 34.9 Å². The van der Waals surface area contributed by atoms with Gasteiger partial charge in [-0.15, -0.1) is 0 Å². The van der Waals surface area contributed by atoms with E-state index in [0.717, 1.165) is 16.5 Å². The summed E-state index contributed by atoms with van der Waals surface area (Å²) in [5.74, 6) is -1.92. The Morgan fingerprint density at radius 3 is 2.56 bits per heavy atom. The lowest BCUT2D eigenvalue weighted by atomic mass is 10.0. The molecule has 3 amide bonds. The van der Waals surface area contributed by atoms with Crippen molar-refractivity contribution in [2.45, 2.75) is 37.9 Å². The van der Waals surface area contributed by atoms with Crippen molar-refractivity contribution in [2.75, 3.05) is 0 Å². The van der Waals surface area contributed by atoms with Gasteiger partial charge in [-0.05, 0) is 18.6 Å². The minimum absolute atomic E-state index is 0.177. The number of carbonyl (C=O) groups is 4. The van der Waals surface area contributed by atoms with Crippen LogP contribution in [0.5, 0.6) is 0 Å². The van der Waals surface area contributed by atoms with Crippen LogP contribution in [0.2, 0.25) is 0 Å². The second-order valence-electron chi connectivity index (χ2n) is 6.34. The lowest BCUT2D eigenvalue weighted by molar-refractivity contribution is -0.131. The molecule has 3 atom stereocenters. The Kier molecular flexibility index (Phi) is 6.67. The van der Waals surface area contributed by atoms with Gasteiger partial charge in [0, 0.05) is 23.5 Å². The smallest absolute Gasteiger partial charge is 0.243 e. The van der Waals surface area contributed by atoms with Crippen molar-refractivity contribution in [1.29, 1.82) is 0 Å². The van der Waals surface area contributed by atoms with E-state index in [0.29, 0.717) is 6.29 Å². The zero-order valence-electron chi connectivity index (χ0n) is 14.9. The summed E-state index contributed by atoms with van der Waals surface area (Å²) < 4.78 is 0. The number of hydrogen-bond donors (Lipinski definition) is 5. The third kappa shape index (κ3) is 5.38. The van der Waals surface area contributed by atoms with Crippen LogP contribution in [0.1, 0.15) is 18.9 Å². The van der Waals surface area contributed by atoms with Crippen molar-refractivity contribution in [1.82, 2.24) is 15.6 Å². The zero-order valence-corrected chi connectivity index (χ0v) is 14.9. The first kappa shape index (κ1) is 20.1. The number of para-hydroxylation sites is 1. The maximum absolute atomic E-state index is 12.5. The fraction of sp³-hybridized carbons (Fsp3) is 0.333. The molecular weight excluding hydrogens is 350 g/mol. The Morgan fingerprint density at radius 1 is 1.19 bits per heavy atom. The molecule has 0 aliphatic heterocycles. The van der Waals surface area contributed by atoms with E-state index in [1.54, 1.807) is 6.20 Å². The van der Waals surface area contributed by atoms with Gasteiger partial charge in [0.25, 0.3) is 0 Å². The fourth-order valence-corrected chi connectivity index (χ4v) is 2.68. The quantitative estimate of drug-likeness (QED) is 0.360. The summed E-state index contributed by atoms with van der Waals surface area (Å²) in [4.78, 5) is 49.7. The number of rotatable bonds is 9. The van der Waals surface area contributed by atoms with E-state index in [1.165, 1.54) is 6.92 Å². The molecule has 1 aromatic carbocycles. The van der Waals surface area contributed by atoms with E-state index in [1.807, 2.05) is 24.3 Å². The van der Waals surface area contributed by atoms with Crippen molar-refractivity contribution in [2.24, 2.45) is 11.5 Å². The van der Waals surface area contributed by atoms with Crippen LogP contribution < -0.4 is 22.1 Å². The van der Waals surface area contributed by atoms with Crippen LogP contribution in [0.15, 0.2) is 30.5 Å². The Labute approximate surface area is 155 Å². The maximum Gasteiger partial charge on any atom is 0.243 e. The number of carbonyl (C=O) groups excluding carboxylic acids is 4. The molecule has 9 nitrogen and oxygen atoms in total. The predicted molar refractivity (Wildman–Crippen MR) is 99.4 cm³/mol. The summed E-state index contributed by atoms with van der Waals surface area (Å²) in [6.07, 6.45) is 2.18. The van der Waals surface area contributed by atoms with Gasteiger partial charge in [0.15, 0.2) is 0 Å².